The van der Waals surface area contributed by atoms with Crippen LogP contribution in [-0.4, -0.2) is 11.8 Å². The van der Waals surface area contributed by atoms with E-state index in [0.29, 0.717) is 5.69 Å². The highest BCUT2D eigenvalue weighted by Gasteiger charge is 2.76. The van der Waals surface area contributed by atoms with Crippen molar-refractivity contribution in [3.05, 3.63) is 65.2 Å². The Morgan fingerprint density at radius 2 is 1.52 bits per heavy atom. The zero-order valence-corrected chi connectivity index (χ0v) is 13.5. The van der Waals surface area contributed by atoms with Gasteiger partial charge < -0.3 is 0 Å². The van der Waals surface area contributed by atoms with Gasteiger partial charge in [-0.2, -0.15) is 0 Å². The summed E-state index contributed by atoms with van der Waals surface area (Å²) in [5, 5.41) is 0. The van der Waals surface area contributed by atoms with E-state index in [1.165, 1.54) is 4.90 Å². The van der Waals surface area contributed by atoms with Gasteiger partial charge >= 0.3 is 0 Å². The van der Waals surface area contributed by atoms with Crippen molar-refractivity contribution in [2.45, 2.75) is 26.7 Å². The summed E-state index contributed by atoms with van der Waals surface area (Å²) in [6.45, 7) is 5.89. The van der Waals surface area contributed by atoms with Crippen LogP contribution in [0.2, 0.25) is 0 Å². The van der Waals surface area contributed by atoms with E-state index in [1.54, 1.807) is 0 Å². The van der Waals surface area contributed by atoms with Gasteiger partial charge in [-0.3, -0.25) is 9.59 Å². The number of imide groups is 1. The van der Waals surface area contributed by atoms with Gasteiger partial charge in [-0.25, -0.2) is 4.90 Å². The molecule has 1 aliphatic heterocycles. The highest BCUT2D eigenvalue weighted by molar-refractivity contribution is 6.27. The summed E-state index contributed by atoms with van der Waals surface area (Å²) < 4.78 is 0. The lowest BCUT2D eigenvalue weighted by molar-refractivity contribution is -0.125. The quantitative estimate of drug-likeness (QED) is 0.795. The Morgan fingerprint density at radius 3 is 2.04 bits per heavy atom. The average molecular weight is 305 g/mol. The van der Waals surface area contributed by atoms with E-state index in [9.17, 15) is 9.59 Å². The second-order valence-corrected chi connectivity index (χ2v) is 6.97. The molecule has 4 rings (SSSR count). The molecule has 1 aliphatic carbocycles. The minimum absolute atomic E-state index is 0.0193. The number of hydrogen-bond acceptors (Lipinski definition) is 2. The summed E-state index contributed by atoms with van der Waals surface area (Å²) in [5.41, 5.74) is 3.33. The zero-order valence-electron chi connectivity index (χ0n) is 13.5. The van der Waals surface area contributed by atoms with E-state index in [2.05, 4.69) is 0 Å². The molecule has 1 heterocycles. The molecule has 3 nitrogen and oxygen atoms in total. The monoisotopic (exact) mass is 305 g/mol. The second-order valence-electron chi connectivity index (χ2n) is 6.97. The van der Waals surface area contributed by atoms with Crippen LogP contribution in [0.5, 0.6) is 0 Å². The molecule has 2 amide bonds. The number of piperidine rings is 1. The minimum Gasteiger partial charge on any atom is -0.274 e. The number of carbonyl (C=O) groups is 2. The Bertz CT molecular complexity index is 807. The maximum Gasteiger partial charge on any atom is 0.241 e. The summed E-state index contributed by atoms with van der Waals surface area (Å²) in [4.78, 5) is 27.3. The first-order chi connectivity index (χ1) is 10.9. The Balaban J connectivity index is 1.72. The van der Waals surface area contributed by atoms with Crippen molar-refractivity contribution in [1.29, 1.82) is 0 Å². The van der Waals surface area contributed by atoms with Gasteiger partial charge in [0.05, 0.1) is 17.0 Å². The molecule has 0 spiro atoms. The topological polar surface area (TPSA) is 37.4 Å². The molecule has 0 bridgehead atoms. The Labute approximate surface area is 135 Å². The summed E-state index contributed by atoms with van der Waals surface area (Å²) in [7, 11) is 0. The van der Waals surface area contributed by atoms with Crippen molar-refractivity contribution in [1.82, 2.24) is 0 Å². The molecule has 2 aromatic rings. The highest BCUT2D eigenvalue weighted by Crippen LogP contribution is 2.69. The first-order valence-corrected chi connectivity index (χ1v) is 7.96. The maximum atomic E-state index is 13.0. The number of carbonyl (C=O) groups excluding carboxylic acids is 2. The lowest BCUT2D eigenvalue weighted by Gasteiger charge is -2.21. The number of amides is 2. The van der Waals surface area contributed by atoms with Crippen molar-refractivity contribution >= 4 is 17.5 Å². The summed E-state index contributed by atoms with van der Waals surface area (Å²) in [5.74, 6) is -0.327. The van der Waals surface area contributed by atoms with Crippen LogP contribution >= 0.6 is 0 Å². The standard InChI is InChI=1S/C20H19NO2/c1-12-9-13(2)11-15(10-12)21-18(22)17-16(20(17,3)19(21)23)14-7-5-4-6-8-14/h4-11,16-17H,1-3H3/t16-,17-,20-/m0/s1. The van der Waals surface area contributed by atoms with Gasteiger partial charge in [-0.15, -0.1) is 0 Å². The normalized spacial score (nSPS) is 28.9. The Morgan fingerprint density at radius 1 is 0.913 bits per heavy atom. The van der Waals surface area contributed by atoms with Gasteiger partial charge in [0.15, 0.2) is 0 Å². The number of benzene rings is 2. The van der Waals surface area contributed by atoms with Crippen molar-refractivity contribution in [2.75, 3.05) is 4.90 Å². The van der Waals surface area contributed by atoms with Crippen LogP contribution in [0.25, 0.3) is 0 Å². The van der Waals surface area contributed by atoms with Crippen molar-refractivity contribution in [3.63, 3.8) is 0 Å². The van der Waals surface area contributed by atoms with Crippen LogP contribution in [0, 0.1) is 25.2 Å². The van der Waals surface area contributed by atoms with E-state index in [0.717, 1.165) is 16.7 Å². The largest absolute Gasteiger partial charge is 0.274 e. The molecule has 0 radical (unpaired) electrons. The molecule has 0 aromatic heterocycles. The third-order valence-corrected chi connectivity index (χ3v) is 5.29. The van der Waals surface area contributed by atoms with E-state index in [1.807, 2.05) is 69.3 Å². The fourth-order valence-corrected chi connectivity index (χ4v) is 4.18. The summed E-state index contributed by atoms with van der Waals surface area (Å²) >= 11 is 0. The number of hydrogen-bond donors (Lipinski definition) is 0. The maximum absolute atomic E-state index is 13.0. The third-order valence-electron chi connectivity index (χ3n) is 5.29. The first kappa shape index (κ1) is 14.2. The number of anilines is 1. The lowest BCUT2D eigenvalue weighted by atomic mass is 9.99. The lowest BCUT2D eigenvalue weighted by Crippen LogP contribution is -2.36. The smallest absolute Gasteiger partial charge is 0.241 e. The van der Waals surface area contributed by atoms with E-state index >= 15 is 0 Å². The highest BCUT2D eigenvalue weighted by atomic mass is 16.2. The molecule has 2 aromatic carbocycles. The fraction of sp³-hybridized carbons (Fsp3) is 0.300. The van der Waals surface area contributed by atoms with Gasteiger partial charge in [-0.05, 0) is 49.6 Å². The minimum atomic E-state index is -0.587. The van der Waals surface area contributed by atoms with E-state index in [4.69, 9.17) is 0 Å². The first-order valence-electron chi connectivity index (χ1n) is 7.96. The van der Waals surface area contributed by atoms with E-state index < -0.39 is 5.41 Å². The van der Waals surface area contributed by atoms with Gasteiger partial charge in [-0.1, -0.05) is 36.4 Å². The van der Waals surface area contributed by atoms with Gasteiger partial charge in [0.25, 0.3) is 0 Å². The molecule has 2 fully saturated rings. The molecule has 1 saturated carbocycles. The van der Waals surface area contributed by atoms with Crippen molar-refractivity contribution in [3.8, 4) is 0 Å². The Hall–Kier alpha value is -2.42. The SMILES string of the molecule is Cc1cc(C)cc(N2C(=O)[C@@H]3[C@H](c4ccccc4)[C@]3(C)C2=O)c1. The fourth-order valence-electron chi connectivity index (χ4n) is 4.18. The molecule has 2 aliphatic rings. The predicted octanol–water partition coefficient (Wildman–Crippen LogP) is 3.60. The van der Waals surface area contributed by atoms with Crippen molar-refractivity contribution < 1.29 is 9.59 Å². The van der Waals surface area contributed by atoms with Gasteiger partial charge in [0.1, 0.15) is 0 Å². The van der Waals surface area contributed by atoms with Crippen LogP contribution < -0.4 is 4.90 Å². The summed E-state index contributed by atoms with van der Waals surface area (Å²) in [6, 6.07) is 15.8. The molecule has 0 unspecified atom stereocenters. The van der Waals surface area contributed by atoms with Gasteiger partial charge in [0.2, 0.25) is 11.8 Å². The molecular formula is C20H19NO2. The Kier molecular flexibility index (Phi) is 2.80. The molecule has 3 atom stereocenters. The molecule has 3 heteroatoms. The van der Waals surface area contributed by atoms with E-state index in [-0.39, 0.29) is 23.7 Å². The van der Waals surface area contributed by atoms with Crippen LogP contribution in [0.3, 0.4) is 0 Å². The van der Waals surface area contributed by atoms with Crippen molar-refractivity contribution in [2.24, 2.45) is 11.3 Å². The molecule has 116 valence electrons. The van der Waals surface area contributed by atoms with Crippen LogP contribution in [-0.2, 0) is 9.59 Å². The number of rotatable bonds is 2. The number of nitrogens with zero attached hydrogens (tertiary/aromatic N) is 1. The third kappa shape index (κ3) is 1.83. The zero-order chi connectivity index (χ0) is 16.4. The van der Waals surface area contributed by atoms with Crippen LogP contribution in [0.15, 0.2) is 48.5 Å². The van der Waals surface area contributed by atoms with Crippen LogP contribution in [0.1, 0.15) is 29.5 Å². The predicted molar refractivity (Wildman–Crippen MR) is 89.2 cm³/mol. The molecular weight excluding hydrogens is 286 g/mol. The number of aryl methyl sites for hydroxylation is 2. The number of fused-ring (bicyclic) bond motifs is 1. The van der Waals surface area contributed by atoms with Gasteiger partial charge in [0, 0.05) is 5.92 Å². The molecule has 0 N–H and O–H groups in total. The van der Waals surface area contributed by atoms with Crippen LogP contribution in [0.4, 0.5) is 5.69 Å². The second kappa shape index (κ2) is 4.54. The molecule has 23 heavy (non-hydrogen) atoms. The average Bonchev–Trinajstić information content (AvgIpc) is 3.08. The summed E-state index contributed by atoms with van der Waals surface area (Å²) in [6.07, 6.45) is 0. The molecule has 1 saturated heterocycles.